The van der Waals surface area contributed by atoms with Gasteiger partial charge < -0.3 is 9.88 Å². The summed E-state index contributed by atoms with van der Waals surface area (Å²) < 4.78 is 2.39. The molecule has 0 aliphatic heterocycles. The van der Waals surface area contributed by atoms with Crippen molar-refractivity contribution in [3.05, 3.63) is 48.0 Å². The first-order valence-electron chi connectivity index (χ1n) is 6.63. The van der Waals surface area contributed by atoms with E-state index < -0.39 is 0 Å². The summed E-state index contributed by atoms with van der Waals surface area (Å²) in [6.45, 7) is 4.27. The topological polar surface area (TPSA) is 21.5 Å². The summed E-state index contributed by atoms with van der Waals surface area (Å²) in [5, 5.41) is 4.96. The summed E-state index contributed by atoms with van der Waals surface area (Å²) >= 11 is 0. The number of fused-ring (bicyclic) bond motifs is 3. The van der Waals surface area contributed by atoms with Crippen LogP contribution in [0.3, 0.4) is 0 Å². The van der Waals surface area contributed by atoms with E-state index in [0.29, 0.717) is 0 Å². The summed E-state index contributed by atoms with van der Waals surface area (Å²) in [6, 6.07) is 15.5. The molecule has 0 fully saturated rings. The fourth-order valence-corrected chi connectivity index (χ4v) is 2.80. The standard InChI is InChI=1S/C16H18N2/c1-3-18-15-7-5-4-6-13(15)14-10-12(11-17-2)8-9-16(14)18/h4-10,17H,3,11H2,1-2H3/p+1. The highest BCUT2D eigenvalue weighted by Crippen LogP contribution is 2.29. The predicted molar refractivity (Wildman–Crippen MR) is 76.7 cm³/mol. The monoisotopic (exact) mass is 239 g/mol. The van der Waals surface area contributed by atoms with Crippen LogP contribution in [0.4, 0.5) is 0 Å². The van der Waals surface area contributed by atoms with Crippen LogP contribution in [0, 0.1) is 0 Å². The van der Waals surface area contributed by atoms with Crippen molar-refractivity contribution in [2.24, 2.45) is 0 Å². The van der Waals surface area contributed by atoms with Crippen LogP contribution in [0.1, 0.15) is 12.5 Å². The maximum absolute atomic E-state index is 2.39. The molecule has 18 heavy (non-hydrogen) atoms. The van der Waals surface area contributed by atoms with Crippen molar-refractivity contribution < 1.29 is 5.32 Å². The SMILES string of the molecule is CCn1c2ccccc2c2cc(C[NH2+]C)ccc21. The van der Waals surface area contributed by atoms with Crippen LogP contribution in [0.15, 0.2) is 42.5 Å². The molecule has 0 spiro atoms. The lowest BCUT2D eigenvalue weighted by Gasteiger charge is -2.03. The minimum atomic E-state index is 1.02. The zero-order valence-electron chi connectivity index (χ0n) is 11.0. The van der Waals surface area contributed by atoms with Gasteiger partial charge in [0.2, 0.25) is 0 Å². The lowest BCUT2D eigenvalue weighted by atomic mass is 10.1. The van der Waals surface area contributed by atoms with Gasteiger partial charge in [0.25, 0.3) is 0 Å². The first-order valence-corrected chi connectivity index (χ1v) is 6.63. The first kappa shape index (κ1) is 11.3. The molecule has 1 aromatic heterocycles. The molecule has 1 heterocycles. The van der Waals surface area contributed by atoms with E-state index in [1.54, 1.807) is 0 Å². The average molecular weight is 239 g/mol. The predicted octanol–water partition coefficient (Wildman–Crippen LogP) is 2.51. The van der Waals surface area contributed by atoms with Gasteiger partial charge in [-0.25, -0.2) is 0 Å². The Hall–Kier alpha value is -1.80. The van der Waals surface area contributed by atoms with Crippen LogP contribution in [-0.2, 0) is 13.1 Å². The number of rotatable bonds is 3. The van der Waals surface area contributed by atoms with Crippen molar-refractivity contribution in [2.45, 2.75) is 20.0 Å². The van der Waals surface area contributed by atoms with Gasteiger partial charge in [0.1, 0.15) is 6.54 Å². The molecular weight excluding hydrogens is 220 g/mol. The summed E-state index contributed by atoms with van der Waals surface area (Å²) in [5.74, 6) is 0. The van der Waals surface area contributed by atoms with E-state index in [4.69, 9.17) is 0 Å². The Balaban J connectivity index is 2.37. The van der Waals surface area contributed by atoms with Crippen molar-refractivity contribution in [1.29, 1.82) is 0 Å². The van der Waals surface area contributed by atoms with Crippen LogP contribution in [-0.4, -0.2) is 11.6 Å². The molecule has 3 aromatic rings. The molecule has 0 radical (unpaired) electrons. The zero-order valence-corrected chi connectivity index (χ0v) is 11.0. The summed E-state index contributed by atoms with van der Waals surface area (Å²) in [5.41, 5.74) is 4.08. The summed E-state index contributed by atoms with van der Waals surface area (Å²) in [4.78, 5) is 0. The van der Waals surface area contributed by atoms with Crippen LogP contribution in [0.2, 0.25) is 0 Å². The zero-order chi connectivity index (χ0) is 12.5. The second-order valence-electron chi connectivity index (χ2n) is 4.73. The fraction of sp³-hybridized carbons (Fsp3) is 0.250. The molecule has 2 aromatic carbocycles. The molecule has 3 rings (SSSR count). The largest absolute Gasteiger partial charge is 0.345 e. The van der Waals surface area contributed by atoms with Crippen molar-refractivity contribution in [3.63, 3.8) is 0 Å². The number of hydrogen-bond acceptors (Lipinski definition) is 0. The Kier molecular flexibility index (Phi) is 2.80. The lowest BCUT2D eigenvalue weighted by molar-refractivity contribution is -0.643. The molecule has 2 nitrogen and oxygen atoms in total. The van der Waals surface area contributed by atoms with Gasteiger partial charge in [-0.1, -0.05) is 24.3 Å². The smallest absolute Gasteiger partial charge is 0.101 e. The summed E-state index contributed by atoms with van der Waals surface area (Å²) in [7, 11) is 2.11. The highest BCUT2D eigenvalue weighted by molar-refractivity contribution is 6.08. The van der Waals surface area contributed by atoms with E-state index >= 15 is 0 Å². The van der Waals surface area contributed by atoms with E-state index in [1.807, 2.05) is 0 Å². The number of quaternary nitrogens is 1. The Labute approximate surface area is 107 Å². The van der Waals surface area contributed by atoms with Crippen molar-refractivity contribution in [2.75, 3.05) is 7.05 Å². The van der Waals surface area contributed by atoms with E-state index in [0.717, 1.165) is 13.1 Å². The van der Waals surface area contributed by atoms with Gasteiger partial charge in [-0.05, 0) is 25.1 Å². The van der Waals surface area contributed by atoms with Crippen LogP contribution in [0.5, 0.6) is 0 Å². The molecule has 0 aliphatic carbocycles. The highest BCUT2D eigenvalue weighted by atomic mass is 15.0. The Morgan fingerprint density at radius 3 is 2.56 bits per heavy atom. The minimum absolute atomic E-state index is 1.02. The Bertz CT molecular complexity index is 695. The molecule has 2 N–H and O–H groups in total. The van der Waals surface area contributed by atoms with Crippen LogP contribution < -0.4 is 5.32 Å². The summed E-state index contributed by atoms with van der Waals surface area (Å²) in [6.07, 6.45) is 0. The molecule has 0 atom stereocenters. The second kappa shape index (κ2) is 4.46. The molecule has 0 unspecified atom stereocenters. The lowest BCUT2D eigenvalue weighted by Crippen LogP contribution is -2.77. The number of aromatic nitrogens is 1. The molecule has 0 aliphatic rings. The maximum Gasteiger partial charge on any atom is 0.101 e. The molecule has 2 heteroatoms. The number of para-hydroxylation sites is 1. The maximum atomic E-state index is 2.39. The molecule has 0 bridgehead atoms. The quantitative estimate of drug-likeness (QED) is 0.725. The van der Waals surface area contributed by atoms with Crippen LogP contribution in [0.25, 0.3) is 21.8 Å². The van der Waals surface area contributed by atoms with E-state index in [9.17, 15) is 0 Å². The number of nitrogens with zero attached hydrogens (tertiary/aromatic N) is 1. The van der Waals surface area contributed by atoms with Crippen LogP contribution >= 0.6 is 0 Å². The van der Waals surface area contributed by atoms with Gasteiger partial charge in [0.15, 0.2) is 0 Å². The third-order valence-electron chi connectivity index (χ3n) is 3.59. The molecule has 0 saturated carbocycles. The number of benzene rings is 2. The third-order valence-corrected chi connectivity index (χ3v) is 3.59. The molecule has 0 amide bonds. The Morgan fingerprint density at radius 2 is 1.78 bits per heavy atom. The minimum Gasteiger partial charge on any atom is -0.345 e. The van der Waals surface area contributed by atoms with E-state index in [1.165, 1.54) is 27.4 Å². The van der Waals surface area contributed by atoms with Gasteiger partial charge in [0, 0.05) is 33.9 Å². The molecular formula is C16H19N2+. The second-order valence-corrected chi connectivity index (χ2v) is 4.73. The van der Waals surface area contributed by atoms with E-state index in [2.05, 4.69) is 66.3 Å². The average Bonchev–Trinajstić information content (AvgIpc) is 2.72. The van der Waals surface area contributed by atoms with Crippen molar-refractivity contribution in [1.82, 2.24) is 4.57 Å². The van der Waals surface area contributed by atoms with Gasteiger partial charge in [-0.15, -0.1) is 0 Å². The fourth-order valence-electron chi connectivity index (χ4n) is 2.80. The highest BCUT2D eigenvalue weighted by Gasteiger charge is 2.09. The molecule has 92 valence electrons. The van der Waals surface area contributed by atoms with E-state index in [-0.39, 0.29) is 0 Å². The Morgan fingerprint density at radius 1 is 1.00 bits per heavy atom. The normalized spacial score (nSPS) is 11.4. The van der Waals surface area contributed by atoms with Gasteiger partial charge in [-0.2, -0.15) is 0 Å². The van der Waals surface area contributed by atoms with Gasteiger partial charge in [-0.3, -0.25) is 0 Å². The van der Waals surface area contributed by atoms with Gasteiger partial charge in [0.05, 0.1) is 7.05 Å². The number of nitrogens with two attached hydrogens (primary N) is 1. The number of aryl methyl sites for hydroxylation is 1. The van der Waals surface area contributed by atoms with Gasteiger partial charge >= 0.3 is 0 Å². The van der Waals surface area contributed by atoms with Crippen molar-refractivity contribution in [3.8, 4) is 0 Å². The molecule has 0 saturated heterocycles. The third kappa shape index (κ3) is 1.61. The van der Waals surface area contributed by atoms with Crippen molar-refractivity contribution >= 4 is 21.8 Å². The number of hydrogen-bond donors (Lipinski definition) is 1. The first-order chi connectivity index (χ1) is 8.85.